The first-order chi connectivity index (χ1) is 9.52. The van der Waals surface area contributed by atoms with E-state index in [2.05, 4.69) is 12.0 Å². The number of aromatic nitrogens is 2. The molecule has 1 unspecified atom stereocenters. The van der Waals surface area contributed by atoms with Crippen LogP contribution in [0.4, 0.5) is 0 Å². The summed E-state index contributed by atoms with van der Waals surface area (Å²) in [6.45, 7) is 4.35. The van der Waals surface area contributed by atoms with Crippen LogP contribution < -0.4 is 10.5 Å². The van der Waals surface area contributed by atoms with Gasteiger partial charge in [-0.05, 0) is 31.0 Å². The summed E-state index contributed by atoms with van der Waals surface area (Å²) in [6.07, 6.45) is 0.921. The first kappa shape index (κ1) is 14.9. The van der Waals surface area contributed by atoms with Crippen LogP contribution in [0.25, 0.3) is 0 Å². The Balaban J connectivity index is 2.04. The molecule has 20 heavy (non-hydrogen) atoms. The molecule has 0 saturated carbocycles. The van der Waals surface area contributed by atoms with E-state index < -0.39 is 0 Å². The molecule has 1 heterocycles. The third kappa shape index (κ3) is 3.14. The van der Waals surface area contributed by atoms with Crippen molar-refractivity contribution in [2.75, 3.05) is 0 Å². The van der Waals surface area contributed by atoms with Crippen LogP contribution in [-0.4, -0.2) is 9.78 Å². The van der Waals surface area contributed by atoms with Crippen molar-refractivity contribution < 1.29 is 4.74 Å². The van der Waals surface area contributed by atoms with E-state index in [0.717, 1.165) is 29.1 Å². The lowest BCUT2D eigenvalue weighted by Crippen LogP contribution is -2.08. The van der Waals surface area contributed by atoms with Gasteiger partial charge in [0.05, 0.1) is 16.4 Å². The number of ether oxygens (including phenoxy) is 1. The number of nitrogens with two attached hydrogens (primary N) is 1. The Kier molecular flexibility index (Phi) is 4.68. The Morgan fingerprint density at radius 3 is 2.50 bits per heavy atom. The summed E-state index contributed by atoms with van der Waals surface area (Å²) < 4.78 is 7.50. The smallest absolute Gasteiger partial charge is 0.131 e. The summed E-state index contributed by atoms with van der Waals surface area (Å²) in [7, 11) is 1.86. The van der Waals surface area contributed by atoms with Crippen LogP contribution in [0.3, 0.4) is 0 Å². The van der Waals surface area contributed by atoms with Gasteiger partial charge in [-0.25, -0.2) is 0 Å². The Morgan fingerprint density at radius 2 is 2.00 bits per heavy atom. The molecule has 0 aliphatic heterocycles. The number of rotatable bonds is 5. The van der Waals surface area contributed by atoms with Gasteiger partial charge in [0.15, 0.2) is 0 Å². The van der Waals surface area contributed by atoms with Gasteiger partial charge in [-0.3, -0.25) is 4.68 Å². The zero-order valence-corrected chi connectivity index (χ0v) is 12.8. The van der Waals surface area contributed by atoms with E-state index in [4.69, 9.17) is 22.1 Å². The van der Waals surface area contributed by atoms with Gasteiger partial charge in [-0.15, -0.1) is 0 Å². The molecule has 0 bridgehead atoms. The van der Waals surface area contributed by atoms with E-state index >= 15 is 0 Å². The van der Waals surface area contributed by atoms with Crippen LogP contribution in [0.2, 0.25) is 5.02 Å². The van der Waals surface area contributed by atoms with E-state index in [1.165, 1.54) is 0 Å². The number of hydrogen-bond donors (Lipinski definition) is 1. The molecule has 2 N–H and O–H groups in total. The van der Waals surface area contributed by atoms with Crippen LogP contribution in [-0.2, 0) is 13.7 Å². The number of benzene rings is 1. The van der Waals surface area contributed by atoms with Crippen LogP contribution in [0, 0.1) is 6.92 Å². The van der Waals surface area contributed by atoms with Crippen molar-refractivity contribution >= 4 is 11.6 Å². The van der Waals surface area contributed by atoms with Gasteiger partial charge in [0.25, 0.3) is 0 Å². The summed E-state index contributed by atoms with van der Waals surface area (Å²) >= 11 is 6.19. The fourth-order valence-electron chi connectivity index (χ4n) is 2.04. The van der Waals surface area contributed by atoms with Gasteiger partial charge in [0.1, 0.15) is 12.4 Å². The normalized spacial score (nSPS) is 12.4. The summed E-state index contributed by atoms with van der Waals surface area (Å²) in [5, 5.41) is 4.92. The second-order valence-electron chi connectivity index (χ2n) is 4.84. The lowest BCUT2D eigenvalue weighted by molar-refractivity contribution is 0.295. The molecular weight excluding hydrogens is 274 g/mol. The predicted molar refractivity (Wildman–Crippen MR) is 80.9 cm³/mol. The topological polar surface area (TPSA) is 53.1 Å². The summed E-state index contributed by atoms with van der Waals surface area (Å²) in [5.41, 5.74) is 8.79. The molecule has 0 fully saturated rings. The Labute approximate surface area is 124 Å². The van der Waals surface area contributed by atoms with Crippen molar-refractivity contribution in [1.82, 2.24) is 9.78 Å². The fourth-order valence-corrected chi connectivity index (χ4v) is 2.25. The maximum atomic E-state index is 6.19. The maximum absolute atomic E-state index is 6.19. The minimum atomic E-state index is 0.0817. The minimum absolute atomic E-state index is 0.0817. The second-order valence-corrected chi connectivity index (χ2v) is 5.22. The van der Waals surface area contributed by atoms with Crippen molar-refractivity contribution in [3.8, 4) is 5.75 Å². The van der Waals surface area contributed by atoms with Gasteiger partial charge in [-0.1, -0.05) is 30.7 Å². The molecule has 0 amide bonds. The van der Waals surface area contributed by atoms with Crippen molar-refractivity contribution in [1.29, 1.82) is 0 Å². The third-order valence-electron chi connectivity index (χ3n) is 3.39. The zero-order chi connectivity index (χ0) is 14.7. The average molecular weight is 294 g/mol. The molecule has 0 saturated heterocycles. The van der Waals surface area contributed by atoms with Gasteiger partial charge >= 0.3 is 0 Å². The zero-order valence-electron chi connectivity index (χ0n) is 12.1. The molecule has 0 radical (unpaired) electrons. The highest BCUT2D eigenvalue weighted by molar-refractivity contribution is 6.31. The molecule has 1 atom stereocenters. The van der Waals surface area contributed by atoms with Crippen molar-refractivity contribution in [3.05, 3.63) is 46.2 Å². The Morgan fingerprint density at radius 1 is 1.35 bits per heavy atom. The average Bonchev–Trinajstić information content (AvgIpc) is 2.70. The van der Waals surface area contributed by atoms with Gasteiger partial charge in [0, 0.05) is 13.1 Å². The molecule has 1 aromatic carbocycles. The van der Waals surface area contributed by atoms with E-state index in [0.29, 0.717) is 11.6 Å². The molecule has 2 rings (SSSR count). The Hall–Kier alpha value is -1.52. The third-order valence-corrected chi connectivity index (χ3v) is 3.88. The van der Waals surface area contributed by atoms with Crippen molar-refractivity contribution in [2.24, 2.45) is 12.8 Å². The Bertz CT molecular complexity index is 578. The molecule has 4 nitrogen and oxygen atoms in total. The van der Waals surface area contributed by atoms with E-state index in [9.17, 15) is 0 Å². The van der Waals surface area contributed by atoms with E-state index in [1.807, 2.05) is 38.2 Å². The van der Waals surface area contributed by atoms with E-state index in [1.54, 1.807) is 4.68 Å². The van der Waals surface area contributed by atoms with E-state index in [-0.39, 0.29) is 6.04 Å². The van der Waals surface area contributed by atoms with Gasteiger partial charge in [0.2, 0.25) is 0 Å². The summed E-state index contributed by atoms with van der Waals surface area (Å²) in [4.78, 5) is 0. The number of nitrogens with zero attached hydrogens (tertiary/aromatic N) is 2. The minimum Gasteiger partial charge on any atom is -0.487 e. The molecule has 5 heteroatoms. The number of aryl methyl sites for hydroxylation is 2. The lowest BCUT2D eigenvalue weighted by Gasteiger charge is -2.11. The molecule has 0 aliphatic carbocycles. The standard InChI is InChI=1S/C15H20ClN3O/c1-4-13(17)11-5-7-12(8-6-11)20-9-14-15(16)10(2)18-19(14)3/h5-8,13H,4,9,17H2,1-3H3. The van der Waals surface area contributed by atoms with Crippen molar-refractivity contribution in [2.45, 2.75) is 32.9 Å². The van der Waals surface area contributed by atoms with Crippen LogP contribution in [0.1, 0.15) is 36.3 Å². The SMILES string of the molecule is CCC(N)c1ccc(OCc2c(Cl)c(C)nn2C)cc1. The van der Waals surface area contributed by atoms with Crippen LogP contribution in [0.15, 0.2) is 24.3 Å². The first-order valence-corrected chi connectivity index (χ1v) is 7.07. The first-order valence-electron chi connectivity index (χ1n) is 6.69. The maximum Gasteiger partial charge on any atom is 0.131 e. The molecule has 108 valence electrons. The van der Waals surface area contributed by atoms with Gasteiger partial charge in [-0.2, -0.15) is 5.10 Å². The summed E-state index contributed by atoms with van der Waals surface area (Å²) in [5.74, 6) is 0.798. The second kappa shape index (κ2) is 6.29. The van der Waals surface area contributed by atoms with Crippen LogP contribution in [0.5, 0.6) is 5.75 Å². The highest BCUT2D eigenvalue weighted by atomic mass is 35.5. The predicted octanol–water partition coefficient (Wildman–Crippen LogP) is 3.37. The molecule has 2 aromatic rings. The molecular formula is C15H20ClN3O. The number of hydrogen-bond acceptors (Lipinski definition) is 3. The summed E-state index contributed by atoms with van der Waals surface area (Å²) in [6, 6.07) is 7.95. The largest absolute Gasteiger partial charge is 0.487 e. The molecule has 1 aromatic heterocycles. The fraction of sp³-hybridized carbons (Fsp3) is 0.400. The quantitative estimate of drug-likeness (QED) is 0.919. The number of halogens is 1. The highest BCUT2D eigenvalue weighted by Crippen LogP contribution is 2.22. The highest BCUT2D eigenvalue weighted by Gasteiger charge is 2.11. The van der Waals surface area contributed by atoms with Crippen LogP contribution >= 0.6 is 11.6 Å². The molecule has 0 aliphatic rings. The van der Waals surface area contributed by atoms with Gasteiger partial charge < -0.3 is 10.5 Å². The molecule has 0 spiro atoms. The van der Waals surface area contributed by atoms with Crippen molar-refractivity contribution in [3.63, 3.8) is 0 Å². The monoisotopic (exact) mass is 293 g/mol. The lowest BCUT2D eigenvalue weighted by atomic mass is 10.1.